The third kappa shape index (κ3) is 7.60. The van der Waals surface area contributed by atoms with Gasteiger partial charge in [-0.2, -0.15) is 0 Å². The molecule has 0 amide bonds. The van der Waals surface area contributed by atoms with Crippen LogP contribution in [0.5, 0.6) is 0 Å². The average Bonchev–Trinajstić information content (AvgIpc) is 3.35. The van der Waals surface area contributed by atoms with E-state index in [4.69, 9.17) is 0 Å². The Morgan fingerprint density at radius 1 is 0.212 bits per heavy atom. The molecule has 0 heterocycles. The molecule has 0 radical (unpaired) electrons. The highest BCUT2D eigenvalue weighted by Crippen LogP contribution is 2.49. The van der Waals surface area contributed by atoms with E-state index in [1.165, 1.54) is 121 Å². The first-order valence-electron chi connectivity index (χ1n) is 23.4. The molecule has 0 saturated heterocycles. The van der Waals surface area contributed by atoms with Gasteiger partial charge in [-0.3, -0.25) is 0 Å². The second-order valence-corrected chi connectivity index (χ2v) is 30.3. The van der Waals surface area contributed by atoms with Crippen LogP contribution in [0.2, 0.25) is 39.3 Å². The minimum absolute atomic E-state index is 1.22. The summed E-state index contributed by atoms with van der Waals surface area (Å²) in [5.41, 5.74) is 17.4. The van der Waals surface area contributed by atoms with E-state index in [-0.39, 0.29) is 0 Å². The van der Waals surface area contributed by atoms with Gasteiger partial charge in [0.1, 0.15) is 0 Å². The molecule has 11 aromatic carbocycles. The molecule has 66 heavy (non-hydrogen) atoms. The van der Waals surface area contributed by atoms with Gasteiger partial charge in [-0.05, 0) is 122 Å². The van der Waals surface area contributed by atoms with Crippen LogP contribution in [0.25, 0.3) is 110 Å². The molecule has 0 aliphatic heterocycles. The summed E-state index contributed by atoms with van der Waals surface area (Å²) in [7, 11) is -3.35. The fourth-order valence-electron chi connectivity index (χ4n) is 10.0. The van der Waals surface area contributed by atoms with Crippen molar-refractivity contribution >= 4 is 58.8 Å². The highest BCUT2D eigenvalue weighted by atomic mass is 28.3. The van der Waals surface area contributed by atoms with Crippen molar-refractivity contribution in [1.29, 1.82) is 0 Å². The second kappa shape index (κ2) is 16.4. The van der Waals surface area contributed by atoms with Gasteiger partial charge in [-0.25, -0.2) is 0 Å². The molecule has 0 aliphatic carbocycles. The van der Waals surface area contributed by atoms with Gasteiger partial charge in [-0.15, -0.1) is 0 Å². The summed E-state index contributed by atoms with van der Waals surface area (Å²) in [5.74, 6) is 0. The maximum Gasteiger partial charge on any atom is 0.0776 e. The van der Waals surface area contributed by atoms with Crippen molar-refractivity contribution in [2.45, 2.75) is 39.3 Å². The Hall–Kier alpha value is -7.11. The lowest BCUT2D eigenvalue weighted by atomic mass is 9.81. The third-order valence-electron chi connectivity index (χ3n) is 13.8. The van der Waals surface area contributed by atoms with E-state index in [2.05, 4.69) is 258 Å². The number of benzene rings is 11. The minimum atomic E-state index is -1.67. The van der Waals surface area contributed by atoms with Crippen LogP contribution in [0.4, 0.5) is 0 Å². The van der Waals surface area contributed by atoms with E-state index >= 15 is 0 Å². The zero-order valence-electron chi connectivity index (χ0n) is 38.8. The van der Waals surface area contributed by atoms with Crippen LogP contribution < -0.4 is 10.4 Å². The van der Waals surface area contributed by atoms with Gasteiger partial charge in [0.25, 0.3) is 0 Å². The van der Waals surface area contributed by atoms with Crippen LogP contribution in [0.1, 0.15) is 0 Å². The van der Waals surface area contributed by atoms with E-state index in [1.54, 1.807) is 0 Å². The lowest BCUT2D eigenvalue weighted by Crippen LogP contribution is -2.45. The molecule has 11 rings (SSSR count). The first kappa shape index (κ1) is 41.6. The molecule has 0 aliphatic rings. The van der Waals surface area contributed by atoms with Gasteiger partial charge in [0.15, 0.2) is 0 Å². The van der Waals surface area contributed by atoms with Crippen LogP contribution in [0.15, 0.2) is 218 Å². The van der Waals surface area contributed by atoms with Gasteiger partial charge < -0.3 is 0 Å². The lowest BCUT2D eigenvalue weighted by molar-refractivity contribution is 1.59. The maximum atomic E-state index is 2.56. The summed E-state index contributed by atoms with van der Waals surface area (Å²) < 4.78 is 0. The van der Waals surface area contributed by atoms with Crippen molar-refractivity contribution in [1.82, 2.24) is 0 Å². The first-order valence-corrected chi connectivity index (χ1v) is 30.4. The summed E-state index contributed by atoms with van der Waals surface area (Å²) in [6.07, 6.45) is 0. The van der Waals surface area contributed by atoms with E-state index < -0.39 is 16.1 Å². The number of hydrogen-bond acceptors (Lipinski definition) is 0. The summed E-state index contributed by atoms with van der Waals surface area (Å²) in [5, 5.41) is 10.9. The van der Waals surface area contributed by atoms with Crippen LogP contribution in [-0.2, 0) is 0 Å². The van der Waals surface area contributed by atoms with E-state index in [0.29, 0.717) is 0 Å². The van der Waals surface area contributed by atoms with E-state index in [9.17, 15) is 0 Å². The Labute approximate surface area is 392 Å². The van der Waals surface area contributed by atoms with Crippen molar-refractivity contribution in [2.75, 3.05) is 0 Å². The predicted molar refractivity (Wildman–Crippen MR) is 294 cm³/mol. The smallest absolute Gasteiger partial charge is 0.0656 e. The standard InChI is InChI=1S/C64H54Si2/c1-65(2,3)53-38-52(39-54(40-53)66(4,5)6)62-42-61(51-32-26-48(27-33-51)45-20-14-9-15-21-45)57-35-34-55-59(49-28-22-46(23-29-49)43-16-10-7-11-17-43)41-60(56-36-37-58(62)64(57)63(55)56)50-30-24-47(25-31-50)44-18-12-8-13-19-44/h7-42H,1-6H3. The van der Waals surface area contributed by atoms with Crippen LogP contribution in [0.3, 0.4) is 0 Å². The van der Waals surface area contributed by atoms with Crippen molar-refractivity contribution < 1.29 is 0 Å². The Morgan fingerprint density at radius 2 is 0.455 bits per heavy atom. The van der Waals surface area contributed by atoms with E-state index in [1.807, 2.05) is 0 Å². The third-order valence-corrected chi connectivity index (χ3v) is 17.8. The fraction of sp³-hybridized carbons (Fsp3) is 0.0938. The molecule has 0 saturated carbocycles. The summed E-state index contributed by atoms with van der Waals surface area (Å²) >= 11 is 0. The Morgan fingerprint density at radius 3 is 0.727 bits per heavy atom. The van der Waals surface area contributed by atoms with Crippen molar-refractivity contribution in [3.63, 3.8) is 0 Å². The molecule has 0 fully saturated rings. The van der Waals surface area contributed by atoms with Crippen molar-refractivity contribution in [2.24, 2.45) is 0 Å². The number of rotatable bonds is 9. The van der Waals surface area contributed by atoms with Crippen LogP contribution in [0, 0.1) is 0 Å². The summed E-state index contributed by atoms with van der Waals surface area (Å²) in [4.78, 5) is 0. The zero-order valence-corrected chi connectivity index (χ0v) is 40.8. The predicted octanol–water partition coefficient (Wildman–Crippen LogP) is 17.3. The molecule has 0 aromatic heterocycles. The molecule has 0 nitrogen and oxygen atoms in total. The molecular weight excluding hydrogens is 825 g/mol. The summed E-state index contributed by atoms with van der Waals surface area (Å²) in [6, 6.07) is 82.1. The molecule has 11 aromatic rings. The van der Waals surface area contributed by atoms with Gasteiger partial charge in [0, 0.05) is 0 Å². The molecule has 0 N–H and O–H groups in total. The van der Waals surface area contributed by atoms with Gasteiger partial charge >= 0.3 is 0 Å². The second-order valence-electron chi connectivity index (χ2n) is 20.1. The maximum absolute atomic E-state index is 2.56. The highest BCUT2D eigenvalue weighted by molar-refractivity contribution is 6.91. The minimum Gasteiger partial charge on any atom is -0.0656 e. The molecule has 318 valence electrons. The lowest BCUT2D eigenvalue weighted by Gasteiger charge is -2.26. The van der Waals surface area contributed by atoms with Gasteiger partial charge in [-0.1, -0.05) is 256 Å². The Bertz CT molecular complexity index is 3390. The van der Waals surface area contributed by atoms with Crippen LogP contribution in [-0.4, -0.2) is 16.1 Å². The molecule has 0 atom stereocenters. The normalized spacial score (nSPS) is 12.1. The van der Waals surface area contributed by atoms with Crippen molar-refractivity contribution in [3.05, 3.63) is 218 Å². The van der Waals surface area contributed by atoms with Crippen LogP contribution >= 0.6 is 0 Å². The Kier molecular flexibility index (Phi) is 10.3. The van der Waals surface area contributed by atoms with E-state index in [0.717, 1.165) is 0 Å². The monoisotopic (exact) mass is 878 g/mol. The quantitative estimate of drug-likeness (QED) is 0.100. The molecule has 0 bridgehead atoms. The molecule has 0 unspecified atom stereocenters. The largest absolute Gasteiger partial charge is 0.0776 e. The van der Waals surface area contributed by atoms with Crippen molar-refractivity contribution in [3.8, 4) is 77.9 Å². The summed E-state index contributed by atoms with van der Waals surface area (Å²) in [6.45, 7) is 15.0. The molecular formula is C64H54Si2. The topological polar surface area (TPSA) is 0 Å². The fourth-order valence-corrected chi connectivity index (χ4v) is 12.5. The van der Waals surface area contributed by atoms with Gasteiger partial charge in [0.2, 0.25) is 0 Å². The molecule has 0 spiro atoms. The Balaban J connectivity index is 1.22. The molecule has 2 heteroatoms. The average molecular weight is 879 g/mol. The zero-order chi connectivity index (χ0) is 45.2. The SMILES string of the molecule is C[Si](C)(C)c1cc(-c2cc(-c3ccc(-c4ccccc4)cc3)c3ccc4c(-c5ccc(-c6ccccc6)cc5)cc(-c5ccc(-c6ccccc6)cc5)c5ccc2c3c45)cc([Si](C)(C)C)c1. The van der Waals surface area contributed by atoms with Gasteiger partial charge in [0.05, 0.1) is 16.1 Å². The highest BCUT2D eigenvalue weighted by Gasteiger charge is 2.26. The first-order chi connectivity index (χ1) is 32.0. The number of hydrogen-bond donors (Lipinski definition) is 0.